The van der Waals surface area contributed by atoms with Crippen LogP contribution in [0.2, 0.25) is 5.02 Å². The van der Waals surface area contributed by atoms with Gasteiger partial charge in [-0.1, -0.05) is 37.4 Å². The molecule has 0 aliphatic heterocycles. The number of carbonyl (C=O) groups is 1. The Bertz CT molecular complexity index is 750. The lowest BCUT2D eigenvalue weighted by Gasteiger charge is -2.13. The van der Waals surface area contributed by atoms with Gasteiger partial charge in [0.15, 0.2) is 0 Å². The summed E-state index contributed by atoms with van der Waals surface area (Å²) < 4.78 is 11.3. The smallest absolute Gasteiger partial charge is 0.248 e. The second kappa shape index (κ2) is 10.0. The first-order valence-electron chi connectivity index (χ1n) is 8.70. The summed E-state index contributed by atoms with van der Waals surface area (Å²) in [6, 6.07) is 10.3. The van der Waals surface area contributed by atoms with Crippen molar-refractivity contribution in [3.8, 4) is 17.2 Å². The predicted octanol–water partition coefficient (Wildman–Crippen LogP) is 4.52. The van der Waals surface area contributed by atoms with Crippen molar-refractivity contribution in [2.24, 2.45) is 5.73 Å². The molecule has 2 aromatic rings. The highest BCUT2D eigenvalue weighted by Crippen LogP contribution is 2.33. The molecule has 0 atom stereocenters. The molecule has 0 unspecified atom stereocenters. The van der Waals surface area contributed by atoms with Crippen LogP contribution in [0, 0.1) is 0 Å². The Hall–Kier alpha value is -2.24. The van der Waals surface area contributed by atoms with Crippen molar-refractivity contribution < 1.29 is 14.3 Å². The Morgan fingerprint density at radius 2 is 1.96 bits per heavy atom. The lowest BCUT2D eigenvalue weighted by atomic mass is 10.1. The van der Waals surface area contributed by atoms with Crippen molar-refractivity contribution in [1.29, 1.82) is 0 Å². The van der Waals surface area contributed by atoms with Crippen LogP contribution < -0.4 is 20.5 Å². The van der Waals surface area contributed by atoms with Crippen LogP contribution in [0.15, 0.2) is 36.4 Å². The van der Waals surface area contributed by atoms with Crippen molar-refractivity contribution in [3.63, 3.8) is 0 Å². The van der Waals surface area contributed by atoms with Gasteiger partial charge in [-0.15, -0.1) is 0 Å². The van der Waals surface area contributed by atoms with E-state index < -0.39 is 5.91 Å². The summed E-state index contributed by atoms with van der Waals surface area (Å²) in [7, 11) is 1.63. The number of hydrogen-bond acceptors (Lipinski definition) is 4. The maximum absolute atomic E-state index is 11.2. The first-order chi connectivity index (χ1) is 12.5. The molecule has 0 radical (unpaired) electrons. The molecule has 0 heterocycles. The van der Waals surface area contributed by atoms with E-state index in [0.29, 0.717) is 22.1 Å². The molecule has 140 valence electrons. The standard InChI is InChI=1S/C20H25ClN2O3/c1-3-4-5-10-23-13-15-6-8-16(12-19(15)25-2)26-18-9-7-14(20(22)24)11-17(18)21/h6-9,11-12,23H,3-5,10,13H2,1-2H3,(H2,22,24). The molecule has 3 N–H and O–H groups in total. The molecule has 2 rings (SSSR count). The molecule has 0 saturated heterocycles. The van der Waals surface area contributed by atoms with Crippen LogP contribution in [0.25, 0.3) is 0 Å². The third kappa shape index (κ3) is 5.64. The first-order valence-corrected chi connectivity index (χ1v) is 9.07. The highest BCUT2D eigenvalue weighted by molar-refractivity contribution is 6.32. The summed E-state index contributed by atoms with van der Waals surface area (Å²) in [4.78, 5) is 11.2. The Morgan fingerprint density at radius 1 is 1.15 bits per heavy atom. The van der Waals surface area contributed by atoms with Gasteiger partial charge >= 0.3 is 0 Å². The number of nitrogens with two attached hydrogens (primary N) is 1. The molecule has 0 aliphatic carbocycles. The molecule has 5 nitrogen and oxygen atoms in total. The van der Waals surface area contributed by atoms with Crippen LogP contribution in [0.4, 0.5) is 0 Å². The maximum atomic E-state index is 11.2. The van der Waals surface area contributed by atoms with Gasteiger partial charge in [0.2, 0.25) is 5.91 Å². The Morgan fingerprint density at radius 3 is 2.62 bits per heavy atom. The van der Waals surface area contributed by atoms with Crippen molar-refractivity contribution in [1.82, 2.24) is 5.32 Å². The molecule has 0 aliphatic rings. The van der Waals surface area contributed by atoms with Gasteiger partial charge in [0.25, 0.3) is 0 Å². The van der Waals surface area contributed by atoms with Gasteiger partial charge < -0.3 is 20.5 Å². The predicted molar refractivity (Wildman–Crippen MR) is 104 cm³/mol. The van der Waals surface area contributed by atoms with Crippen molar-refractivity contribution in [2.75, 3.05) is 13.7 Å². The molecule has 1 amide bonds. The number of halogens is 1. The fraction of sp³-hybridized carbons (Fsp3) is 0.350. The lowest BCUT2D eigenvalue weighted by molar-refractivity contribution is 0.100. The van der Waals surface area contributed by atoms with Crippen LogP contribution in [0.5, 0.6) is 17.2 Å². The van der Waals surface area contributed by atoms with E-state index in [4.69, 9.17) is 26.8 Å². The van der Waals surface area contributed by atoms with Gasteiger partial charge in [-0.25, -0.2) is 0 Å². The largest absolute Gasteiger partial charge is 0.496 e. The van der Waals surface area contributed by atoms with E-state index in [1.165, 1.54) is 25.3 Å². The van der Waals surface area contributed by atoms with Crippen LogP contribution >= 0.6 is 11.6 Å². The van der Waals surface area contributed by atoms with E-state index in [1.54, 1.807) is 19.2 Å². The number of nitrogens with one attached hydrogen (secondary N) is 1. The second-order valence-electron chi connectivity index (χ2n) is 5.97. The number of hydrogen-bond donors (Lipinski definition) is 2. The molecular formula is C20H25ClN2O3. The number of unbranched alkanes of at least 4 members (excludes halogenated alkanes) is 2. The highest BCUT2D eigenvalue weighted by Gasteiger charge is 2.10. The van der Waals surface area contributed by atoms with Gasteiger partial charge in [0, 0.05) is 23.7 Å². The van der Waals surface area contributed by atoms with Gasteiger partial charge in [-0.2, -0.15) is 0 Å². The fourth-order valence-corrected chi connectivity index (χ4v) is 2.74. The minimum atomic E-state index is -0.532. The van der Waals surface area contributed by atoms with Gasteiger partial charge in [0.1, 0.15) is 17.2 Å². The molecule has 0 spiro atoms. The van der Waals surface area contributed by atoms with E-state index in [0.717, 1.165) is 24.4 Å². The number of amides is 1. The van der Waals surface area contributed by atoms with Crippen molar-refractivity contribution in [2.45, 2.75) is 32.7 Å². The van der Waals surface area contributed by atoms with Crippen molar-refractivity contribution in [3.05, 3.63) is 52.5 Å². The zero-order chi connectivity index (χ0) is 18.9. The minimum Gasteiger partial charge on any atom is -0.496 e. The Kier molecular flexibility index (Phi) is 7.75. The number of primary amides is 1. The molecular weight excluding hydrogens is 352 g/mol. The van der Waals surface area contributed by atoms with Crippen LogP contribution in [-0.2, 0) is 6.54 Å². The van der Waals surface area contributed by atoms with Crippen LogP contribution in [-0.4, -0.2) is 19.6 Å². The first kappa shape index (κ1) is 20.1. The van der Waals surface area contributed by atoms with Crippen LogP contribution in [0.3, 0.4) is 0 Å². The highest BCUT2D eigenvalue weighted by atomic mass is 35.5. The van der Waals surface area contributed by atoms with Gasteiger partial charge in [0.05, 0.1) is 12.1 Å². The summed E-state index contributed by atoms with van der Waals surface area (Å²) in [5.74, 6) is 1.26. The van der Waals surface area contributed by atoms with E-state index in [2.05, 4.69) is 12.2 Å². The lowest BCUT2D eigenvalue weighted by Crippen LogP contribution is -2.15. The normalized spacial score (nSPS) is 10.6. The summed E-state index contributed by atoms with van der Waals surface area (Å²) in [5.41, 5.74) is 6.64. The summed E-state index contributed by atoms with van der Waals surface area (Å²) in [5, 5.41) is 3.74. The van der Waals surface area contributed by atoms with E-state index in [-0.39, 0.29) is 0 Å². The zero-order valence-electron chi connectivity index (χ0n) is 15.2. The molecule has 0 saturated carbocycles. The van der Waals surface area contributed by atoms with Crippen molar-refractivity contribution >= 4 is 17.5 Å². The van der Waals surface area contributed by atoms with E-state index in [1.807, 2.05) is 18.2 Å². The number of ether oxygens (including phenoxy) is 2. The summed E-state index contributed by atoms with van der Waals surface area (Å²) in [6.45, 7) is 3.91. The number of methoxy groups -OCH3 is 1. The van der Waals surface area contributed by atoms with E-state index in [9.17, 15) is 4.79 Å². The maximum Gasteiger partial charge on any atom is 0.248 e. The van der Waals surface area contributed by atoms with Crippen LogP contribution in [0.1, 0.15) is 42.1 Å². The SMILES string of the molecule is CCCCCNCc1ccc(Oc2ccc(C(N)=O)cc2Cl)cc1OC. The molecule has 2 aromatic carbocycles. The minimum absolute atomic E-state index is 0.321. The Labute approximate surface area is 159 Å². The summed E-state index contributed by atoms with van der Waals surface area (Å²) >= 11 is 6.16. The number of carbonyl (C=O) groups excluding carboxylic acids is 1. The second-order valence-corrected chi connectivity index (χ2v) is 6.38. The average molecular weight is 377 g/mol. The molecule has 0 bridgehead atoms. The number of rotatable bonds is 10. The molecule has 26 heavy (non-hydrogen) atoms. The molecule has 6 heteroatoms. The zero-order valence-corrected chi connectivity index (χ0v) is 15.9. The quantitative estimate of drug-likeness (QED) is 0.598. The Balaban J connectivity index is 2.05. The fourth-order valence-electron chi connectivity index (χ4n) is 2.52. The average Bonchev–Trinajstić information content (AvgIpc) is 2.63. The third-order valence-corrected chi connectivity index (χ3v) is 4.27. The number of benzene rings is 2. The topological polar surface area (TPSA) is 73.6 Å². The monoisotopic (exact) mass is 376 g/mol. The van der Waals surface area contributed by atoms with Gasteiger partial charge in [-0.05, 0) is 37.2 Å². The molecule has 0 aromatic heterocycles. The third-order valence-electron chi connectivity index (χ3n) is 3.98. The summed E-state index contributed by atoms with van der Waals surface area (Å²) in [6.07, 6.45) is 3.60. The molecule has 0 fully saturated rings. The van der Waals surface area contributed by atoms with Gasteiger partial charge in [-0.3, -0.25) is 4.79 Å². The van der Waals surface area contributed by atoms with E-state index >= 15 is 0 Å².